The molecule has 0 atom stereocenters. The summed E-state index contributed by atoms with van der Waals surface area (Å²) in [5.74, 6) is -0.312. The molecule has 1 heterocycles. The first-order valence-electron chi connectivity index (χ1n) is 12.3. The van der Waals surface area contributed by atoms with Crippen molar-refractivity contribution < 1.29 is 26.4 Å². The monoisotopic (exact) mass is 591 g/mol. The molecule has 3 aromatic carbocycles. The molecule has 0 aliphatic carbocycles. The second-order valence-electron chi connectivity index (χ2n) is 9.38. The Morgan fingerprint density at radius 2 is 1.62 bits per heavy atom. The lowest BCUT2D eigenvalue weighted by Crippen LogP contribution is -2.41. The molecule has 9 nitrogen and oxygen atoms in total. The lowest BCUT2D eigenvalue weighted by molar-refractivity contribution is -0.120. The van der Waals surface area contributed by atoms with Crippen molar-refractivity contribution >= 4 is 48.9 Å². The van der Waals surface area contributed by atoms with Crippen molar-refractivity contribution in [1.82, 2.24) is 4.31 Å². The van der Waals surface area contributed by atoms with Gasteiger partial charge in [-0.1, -0.05) is 29.8 Å². The van der Waals surface area contributed by atoms with E-state index in [9.17, 15) is 21.6 Å². The first-order valence-corrected chi connectivity index (χ1v) is 15.7. The Kier molecular flexibility index (Phi) is 8.85. The molecule has 0 saturated carbocycles. The highest BCUT2D eigenvalue weighted by Crippen LogP contribution is 2.29. The Morgan fingerprint density at radius 3 is 2.23 bits per heavy atom. The molecular formula is C27H30ClN3O6S2. The summed E-state index contributed by atoms with van der Waals surface area (Å²) in [6.45, 7) is 2.34. The van der Waals surface area contributed by atoms with E-state index in [0.29, 0.717) is 40.6 Å². The number of anilines is 2. The van der Waals surface area contributed by atoms with Gasteiger partial charge in [-0.3, -0.25) is 9.52 Å². The molecule has 1 saturated heterocycles. The van der Waals surface area contributed by atoms with Gasteiger partial charge in [0.05, 0.1) is 23.4 Å². The number of benzene rings is 3. The fourth-order valence-electron chi connectivity index (χ4n) is 4.35. The van der Waals surface area contributed by atoms with Gasteiger partial charge in [-0.2, -0.15) is 0 Å². The van der Waals surface area contributed by atoms with E-state index in [1.807, 2.05) is 13.0 Å². The number of amides is 1. The third-order valence-electron chi connectivity index (χ3n) is 6.51. The van der Waals surface area contributed by atoms with Gasteiger partial charge in [0.1, 0.15) is 5.75 Å². The molecule has 39 heavy (non-hydrogen) atoms. The minimum absolute atomic E-state index is 0.0308. The molecule has 4 rings (SSSR count). The van der Waals surface area contributed by atoms with E-state index in [2.05, 4.69) is 10.0 Å². The van der Waals surface area contributed by atoms with Crippen molar-refractivity contribution in [2.24, 2.45) is 5.92 Å². The van der Waals surface area contributed by atoms with Crippen molar-refractivity contribution in [1.29, 1.82) is 0 Å². The predicted octanol–water partition coefficient (Wildman–Crippen LogP) is 4.64. The maximum absolute atomic E-state index is 12.9. The van der Waals surface area contributed by atoms with E-state index < -0.39 is 20.0 Å². The lowest BCUT2D eigenvalue weighted by atomic mass is 9.97. The van der Waals surface area contributed by atoms with E-state index in [4.69, 9.17) is 16.3 Å². The van der Waals surface area contributed by atoms with Gasteiger partial charge in [-0.15, -0.1) is 0 Å². The molecule has 1 amide bonds. The molecule has 1 fully saturated rings. The first kappa shape index (κ1) is 28.9. The molecule has 208 valence electrons. The average molecular weight is 592 g/mol. The molecule has 3 aromatic rings. The van der Waals surface area contributed by atoms with E-state index in [1.54, 1.807) is 36.4 Å². The molecule has 0 spiro atoms. The van der Waals surface area contributed by atoms with Crippen LogP contribution < -0.4 is 14.8 Å². The van der Waals surface area contributed by atoms with Crippen LogP contribution in [0, 0.1) is 12.8 Å². The van der Waals surface area contributed by atoms with Crippen molar-refractivity contribution in [3.63, 3.8) is 0 Å². The Labute approximate surface area is 234 Å². The van der Waals surface area contributed by atoms with Gasteiger partial charge in [0.15, 0.2) is 0 Å². The third kappa shape index (κ3) is 7.30. The number of carbonyl (C=O) groups excluding carboxylic acids is 1. The van der Waals surface area contributed by atoms with Gasteiger partial charge in [-0.25, -0.2) is 21.1 Å². The topological polar surface area (TPSA) is 122 Å². The number of ether oxygens (including phenoxy) is 1. The minimum atomic E-state index is -3.89. The van der Waals surface area contributed by atoms with Crippen LogP contribution in [-0.2, 0) is 30.6 Å². The van der Waals surface area contributed by atoms with Gasteiger partial charge < -0.3 is 10.1 Å². The smallest absolute Gasteiger partial charge is 0.262 e. The second-order valence-corrected chi connectivity index (χ2v) is 13.5. The summed E-state index contributed by atoms with van der Waals surface area (Å²) in [5.41, 5.74) is 2.30. The molecule has 2 N–H and O–H groups in total. The fourth-order valence-corrected chi connectivity index (χ4v) is 7.10. The summed E-state index contributed by atoms with van der Waals surface area (Å²) >= 11 is 5.88. The predicted molar refractivity (Wildman–Crippen MR) is 152 cm³/mol. The van der Waals surface area contributed by atoms with Crippen molar-refractivity contribution in [2.75, 3.05) is 30.2 Å². The number of rotatable bonds is 9. The van der Waals surface area contributed by atoms with E-state index in [0.717, 1.165) is 5.56 Å². The van der Waals surface area contributed by atoms with Crippen LogP contribution in [0.5, 0.6) is 5.75 Å². The molecular weight excluding hydrogens is 562 g/mol. The zero-order valence-electron chi connectivity index (χ0n) is 21.6. The van der Waals surface area contributed by atoms with Gasteiger partial charge >= 0.3 is 0 Å². The highest BCUT2D eigenvalue weighted by molar-refractivity contribution is 7.92. The summed E-state index contributed by atoms with van der Waals surface area (Å²) in [7, 11) is -5.94. The van der Waals surface area contributed by atoms with E-state index in [1.165, 1.54) is 35.7 Å². The van der Waals surface area contributed by atoms with Crippen LogP contribution >= 0.6 is 11.6 Å². The van der Waals surface area contributed by atoms with Crippen LogP contribution in [0.4, 0.5) is 11.4 Å². The number of hydrogen-bond acceptors (Lipinski definition) is 6. The van der Waals surface area contributed by atoms with Crippen LogP contribution in [0.15, 0.2) is 71.6 Å². The number of hydrogen-bond donors (Lipinski definition) is 2. The highest BCUT2D eigenvalue weighted by Gasteiger charge is 2.31. The largest absolute Gasteiger partial charge is 0.495 e. The molecule has 12 heteroatoms. The number of aryl methyl sites for hydroxylation is 1. The van der Waals surface area contributed by atoms with Crippen LogP contribution in [0.2, 0.25) is 5.02 Å². The normalized spacial score (nSPS) is 15.1. The molecule has 0 radical (unpaired) electrons. The summed E-state index contributed by atoms with van der Waals surface area (Å²) in [6.07, 6.45) is 0.779. The van der Waals surface area contributed by atoms with Crippen LogP contribution in [0.25, 0.3) is 0 Å². The first-order chi connectivity index (χ1) is 18.5. The zero-order valence-corrected chi connectivity index (χ0v) is 23.9. The Balaban J connectivity index is 1.33. The Bertz CT molecular complexity index is 1540. The maximum atomic E-state index is 12.9. The van der Waals surface area contributed by atoms with E-state index >= 15 is 0 Å². The number of nitrogens with one attached hydrogen (secondary N) is 2. The molecule has 0 bridgehead atoms. The SMILES string of the molecule is COc1ccc(C)cc1NS(=O)(=O)c1ccc(NC(=O)C2CCN(S(=O)(=O)Cc3ccc(Cl)cc3)CC2)cc1. The summed E-state index contributed by atoms with van der Waals surface area (Å²) in [5, 5.41) is 3.35. The van der Waals surface area contributed by atoms with Gasteiger partial charge in [0, 0.05) is 29.7 Å². The van der Waals surface area contributed by atoms with Crippen LogP contribution in [-0.4, -0.2) is 47.2 Å². The summed E-state index contributed by atoms with van der Waals surface area (Å²) in [6, 6.07) is 17.7. The number of carbonyl (C=O) groups is 1. The molecule has 1 aliphatic heterocycles. The second kappa shape index (κ2) is 12.0. The Morgan fingerprint density at radius 1 is 0.974 bits per heavy atom. The van der Waals surface area contributed by atoms with Gasteiger partial charge in [0.25, 0.3) is 10.0 Å². The highest BCUT2D eigenvalue weighted by atomic mass is 35.5. The number of methoxy groups -OCH3 is 1. The van der Waals surface area contributed by atoms with Crippen LogP contribution in [0.1, 0.15) is 24.0 Å². The quantitative estimate of drug-likeness (QED) is 0.374. The van der Waals surface area contributed by atoms with Crippen molar-refractivity contribution in [3.8, 4) is 5.75 Å². The number of nitrogens with zero attached hydrogens (tertiary/aromatic N) is 1. The van der Waals surface area contributed by atoms with Gasteiger partial charge in [0.2, 0.25) is 15.9 Å². The zero-order chi connectivity index (χ0) is 28.2. The summed E-state index contributed by atoms with van der Waals surface area (Å²) < 4.78 is 60.6. The maximum Gasteiger partial charge on any atom is 0.262 e. The molecule has 0 unspecified atom stereocenters. The summed E-state index contributed by atoms with van der Waals surface area (Å²) in [4.78, 5) is 12.9. The minimum Gasteiger partial charge on any atom is -0.495 e. The fraction of sp³-hybridized carbons (Fsp3) is 0.296. The number of piperidine rings is 1. The van der Waals surface area contributed by atoms with Gasteiger partial charge in [-0.05, 0) is 79.4 Å². The van der Waals surface area contributed by atoms with E-state index in [-0.39, 0.29) is 35.6 Å². The third-order valence-corrected chi connectivity index (χ3v) is 10.00. The van der Waals surface area contributed by atoms with Crippen molar-refractivity contribution in [2.45, 2.75) is 30.4 Å². The average Bonchev–Trinajstić information content (AvgIpc) is 2.90. The number of halogens is 1. The number of sulfonamides is 2. The van der Waals surface area contributed by atoms with Crippen LogP contribution in [0.3, 0.4) is 0 Å². The lowest BCUT2D eigenvalue weighted by Gasteiger charge is -2.30. The molecule has 0 aromatic heterocycles. The molecule has 1 aliphatic rings. The Hall–Kier alpha value is -3.12. The standard InChI is InChI=1S/C27H30ClN3O6S2/c1-19-3-12-26(37-2)25(17-19)30-39(35,36)24-10-8-23(9-11-24)29-27(32)21-13-15-31(16-14-21)38(33,34)18-20-4-6-22(28)7-5-20/h3-12,17,21,30H,13-16,18H2,1-2H3,(H,29,32). The van der Waals surface area contributed by atoms with Crippen molar-refractivity contribution in [3.05, 3.63) is 82.9 Å².